The number of aromatic nitrogens is 3. The van der Waals surface area contributed by atoms with E-state index >= 15 is 0 Å². The average Bonchev–Trinajstić information content (AvgIpc) is 2.71. The summed E-state index contributed by atoms with van der Waals surface area (Å²) in [5.41, 5.74) is 1.72. The molecule has 0 bridgehead atoms. The van der Waals surface area contributed by atoms with Gasteiger partial charge in [-0.15, -0.1) is 5.10 Å². The minimum absolute atomic E-state index is 0.0116. The van der Waals surface area contributed by atoms with Crippen molar-refractivity contribution < 1.29 is 4.79 Å². The van der Waals surface area contributed by atoms with E-state index in [0.717, 1.165) is 17.6 Å². The van der Waals surface area contributed by atoms with Crippen LogP contribution in [0.4, 0.5) is 0 Å². The highest BCUT2D eigenvalue weighted by Crippen LogP contribution is 2.25. The molecule has 0 atom stereocenters. The molecule has 18 heavy (non-hydrogen) atoms. The molecule has 1 saturated carbocycles. The van der Waals surface area contributed by atoms with Gasteiger partial charge in [-0.25, -0.2) is 4.68 Å². The van der Waals surface area contributed by atoms with Gasteiger partial charge in [-0.1, -0.05) is 23.8 Å². The summed E-state index contributed by atoms with van der Waals surface area (Å²) < 4.78 is 1.64. The monoisotopic (exact) mass is 244 g/mol. The minimum atomic E-state index is 0.0116. The molecular formula is C13H16N4O. The maximum Gasteiger partial charge on any atom is 0.241 e. The Morgan fingerprint density at radius 1 is 1.39 bits per heavy atom. The lowest BCUT2D eigenvalue weighted by Gasteiger charge is -2.25. The summed E-state index contributed by atoms with van der Waals surface area (Å²) in [5.74, 6) is 0.694. The number of carbonyl (C=O) groups excluding carboxylic acids is 1. The molecule has 2 aromatic rings. The maximum absolute atomic E-state index is 11.8. The van der Waals surface area contributed by atoms with Crippen LogP contribution in [0.5, 0.6) is 0 Å². The van der Waals surface area contributed by atoms with E-state index in [9.17, 15) is 4.79 Å². The molecule has 0 unspecified atom stereocenters. The van der Waals surface area contributed by atoms with E-state index in [-0.39, 0.29) is 12.5 Å². The van der Waals surface area contributed by atoms with Crippen LogP contribution in [0, 0.1) is 5.92 Å². The molecule has 0 saturated heterocycles. The first-order chi connectivity index (χ1) is 8.83. The summed E-state index contributed by atoms with van der Waals surface area (Å²) in [6, 6.07) is 7.66. The SMILES string of the molecule is O=C(Cn1nnc2ccccc21)NCC1CCC1. The Bertz CT molecular complexity index is 559. The first-order valence-corrected chi connectivity index (χ1v) is 6.38. The van der Waals surface area contributed by atoms with Crippen LogP contribution in [0.3, 0.4) is 0 Å². The number of hydrogen-bond donors (Lipinski definition) is 1. The molecule has 94 valence electrons. The smallest absolute Gasteiger partial charge is 0.241 e. The number of benzene rings is 1. The number of para-hydroxylation sites is 1. The zero-order valence-electron chi connectivity index (χ0n) is 10.2. The lowest BCUT2D eigenvalue weighted by Crippen LogP contribution is -2.34. The van der Waals surface area contributed by atoms with Gasteiger partial charge < -0.3 is 5.32 Å². The first-order valence-electron chi connectivity index (χ1n) is 6.38. The van der Waals surface area contributed by atoms with Crippen molar-refractivity contribution in [3.05, 3.63) is 24.3 Å². The van der Waals surface area contributed by atoms with Gasteiger partial charge in [-0.05, 0) is 30.9 Å². The van der Waals surface area contributed by atoms with Gasteiger partial charge in [-0.2, -0.15) is 0 Å². The van der Waals surface area contributed by atoms with E-state index < -0.39 is 0 Å². The molecule has 1 fully saturated rings. The molecule has 0 radical (unpaired) electrons. The second kappa shape index (κ2) is 4.76. The van der Waals surface area contributed by atoms with E-state index in [0.29, 0.717) is 5.92 Å². The van der Waals surface area contributed by atoms with Crippen LogP contribution in [0.2, 0.25) is 0 Å². The zero-order chi connectivity index (χ0) is 12.4. The summed E-state index contributed by atoms with van der Waals surface area (Å²) in [5, 5.41) is 11.0. The standard InChI is InChI=1S/C13H16N4O/c18-13(14-8-10-4-3-5-10)9-17-12-7-2-1-6-11(12)15-16-17/h1-2,6-7,10H,3-5,8-9H2,(H,14,18). The molecule has 1 N–H and O–H groups in total. The highest BCUT2D eigenvalue weighted by Gasteiger charge is 2.18. The van der Waals surface area contributed by atoms with Crippen LogP contribution >= 0.6 is 0 Å². The average molecular weight is 244 g/mol. The first kappa shape index (κ1) is 11.2. The van der Waals surface area contributed by atoms with Gasteiger partial charge in [0.15, 0.2) is 0 Å². The van der Waals surface area contributed by atoms with Crippen molar-refractivity contribution in [2.45, 2.75) is 25.8 Å². The summed E-state index contributed by atoms with van der Waals surface area (Å²) in [6.45, 7) is 1.04. The Morgan fingerprint density at radius 2 is 2.22 bits per heavy atom. The van der Waals surface area contributed by atoms with Gasteiger partial charge in [0.25, 0.3) is 0 Å². The van der Waals surface area contributed by atoms with Gasteiger partial charge in [0.05, 0.1) is 5.52 Å². The number of nitrogens with one attached hydrogen (secondary N) is 1. The van der Waals surface area contributed by atoms with E-state index in [1.165, 1.54) is 19.3 Å². The molecule has 1 aromatic heterocycles. The van der Waals surface area contributed by atoms with Crippen LogP contribution in [-0.4, -0.2) is 27.4 Å². The molecule has 3 rings (SSSR count). The number of amides is 1. The maximum atomic E-state index is 11.8. The summed E-state index contributed by atoms with van der Waals surface area (Å²) in [4.78, 5) is 11.8. The highest BCUT2D eigenvalue weighted by molar-refractivity contribution is 5.79. The number of carbonyl (C=O) groups is 1. The molecule has 1 aliphatic carbocycles. The lowest BCUT2D eigenvalue weighted by molar-refractivity contribution is -0.122. The summed E-state index contributed by atoms with van der Waals surface area (Å²) in [7, 11) is 0. The third kappa shape index (κ3) is 2.20. The topological polar surface area (TPSA) is 59.8 Å². The number of rotatable bonds is 4. The fourth-order valence-corrected chi connectivity index (χ4v) is 2.18. The molecular weight excluding hydrogens is 228 g/mol. The van der Waals surface area contributed by atoms with Crippen LogP contribution < -0.4 is 5.32 Å². The van der Waals surface area contributed by atoms with E-state index in [2.05, 4.69) is 15.6 Å². The van der Waals surface area contributed by atoms with Gasteiger partial charge in [-0.3, -0.25) is 4.79 Å². The minimum Gasteiger partial charge on any atom is -0.354 e. The predicted molar refractivity (Wildman–Crippen MR) is 67.9 cm³/mol. The Morgan fingerprint density at radius 3 is 3.00 bits per heavy atom. The number of hydrogen-bond acceptors (Lipinski definition) is 3. The molecule has 1 amide bonds. The van der Waals surface area contributed by atoms with Crippen molar-refractivity contribution in [3.8, 4) is 0 Å². The Hall–Kier alpha value is -1.91. The molecule has 1 aromatic carbocycles. The van der Waals surface area contributed by atoms with Crippen molar-refractivity contribution in [2.75, 3.05) is 6.54 Å². The van der Waals surface area contributed by atoms with Gasteiger partial charge in [0.1, 0.15) is 12.1 Å². The van der Waals surface area contributed by atoms with Gasteiger partial charge in [0, 0.05) is 6.54 Å². The van der Waals surface area contributed by atoms with E-state index in [1.54, 1.807) is 4.68 Å². The Balaban J connectivity index is 1.62. The van der Waals surface area contributed by atoms with Crippen molar-refractivity contribution in [2.24, 2.45) is 5.92 Å². The fourth-order valence-electron chi connectivity index (χ4n) is 2.18. The number of fused-ring (bicyclic) bond motifs is 1. The second-order valence-electron chi connectivity index (χ2n) is 4.84. The molecule has 5 nitrogen and oxygen atoms in total. The number of nitrogens with zero attached hydrogens (tertiary/aromatic N) is 3. The normalized spacial score (nSPS) is 15.6. The van der Waals surface area contributed by atoms with Crippen LogP contribution in [0.1, 0.15) is 19.3 Å². The van der Waals surface area contributed by atoms with Crippen molar-refractivity contribution in [1.82, 2.24) is 20.3 Å². The van der Waals surface area contributed by atoms with Crippen LogP contribution in [0.25, 0.3) is 11.0 Å². The molecule has 1 heterocycles. The lowest BCUT2D eigenvalue weighted by atomic mass is 9.85. The summed E-state index contributed by atoms with van der Waals surface area (Å²) >= 11 is 0. The van der Waals surface area contributed by atoms with Gasteiger partial charge >= 0.3 is 0 Å². The Kier molecular flexibility index (Phi) is 2.96. The third-order valence-electron chi connectivity index (χ3n) is 3.53. The van der Waals surface area contributed by atoms with E-state index in [4.69, 9.17) is 0 Å². The third-order valence-corrected chi connectivity index (χ3v) is 3.53. The van der Waals surface area contributed by atoms with Crippen molar-refractivity contribution in [1.29, 1.82) is 0 Å². The Labute approximate surface area is 105 Å². The quantitative estimate of drug-likeness (QED) is 0.883. The second-order valence-corrected chi connectivity index (χ2v) is 4.84. The largest absolute Gasteiger partial charge is 0.354 e. The van der Waals surface area contributed by atoms with Crippen LogP contribution in [0.15, 0.2) is 24.3 Å². The summed E-state index contributed by atoms with van der Waals surface area (Å²) in [6.07, 6.45) is 3.79. The van der Waals surface area contributed by atoms with Crippen molar-refractivity contribution >= 4 is 16.9 Å². The molecule has 1 aliphatic rings. The predicted octanol–water partition coefficient (Wildman–Crippen LogP) is 1.35. The zero-order valence-corrected chi connectivity index (χ0v) is 10.2. The van der Waals surface area contributed by atoms with E-state index in [1.807, 2.05) is 24.3 Å². The fraction of sp³-hybridized carbons (Fsp3) is 0.462. The molecule has 5 heteroatoms. The van der Waals surface area contributed by atoms with Crippen molar-refractivity contribution in [3.63, 3.8) is 0 Å². The highest BCUT2D eigenvalue weighted by atomic mass is 16.2. The van der Waals surface area contributed by atoms with Crippen LogP contribution in [-0.2, 0) is 11.3 Å². The molecule has 0 aliphatic heterocycles. The van der Waals surface area contributed by atoms with Gasteiger partial charge in [0.2, 0.25) is 5.91 Å². The molecule has 0 spiro atoms.